The maximum absolute atomic E-state index is 13.4. The molecule has 214 valence electrons. The van der Waals surface area contributed by atoms with E-state index < -0.39 is 10.0 Å². The normalized spacial score (nSPS) is 16.1. The Bertz CT molecular complexity index is 1680. The number of aromatic nitrogens is 1. The second kappa shape index (κ2) is 11.6. The molecule has 2 aliphatic heterocycles. The molecular weight excluding hydrogens is 578 g/mol. The molecule has 0 unspecified atom stereocenters. The molecule has 11 heteroatoms. The molecule has 6 rings (SSSR count). The van der Waals surface area contributed by atoms with E-state index in [9.17, 15) is 13.2 Å². The number of amides is 1. The summed E-state index contributed by atoms with van der Waals surface area (Å²) >= 11 is 7.96. The number of fused-ring (bicyclic) bond motifs is 2. The van der Waals surface area contributed by atoms with Gasteiger partial charge in [0.05, 0.1) is 20.8 Å². The van der Waals surface area contributed by atoms with Crippen molar-refractivity contribution in [2.75, 3.05) is 55.0 Å². The van der Waals surface area contributed by atoms with Crippen molar-refractivity contribution in [3.05, 3.63) is 82.4 Å². The Kier molecular flexibility index (Phi) is 7.91. The Hall–Kier alpha value is -3.18. The molecular formula is C30H32ClN5O3S2. The molecule has 8 nitrogen and oxygen atoms in total. The molecule has 0 bridgehead atoms. The highest BCUT2D eigenvalue weighted by Gasteiger charge is 2.29. The highest BCUT2D eigenvalue weighted by molar-refractivity contribution is 7.92. The van der Waals surface area contributed by atoms with Gasteiger partial charge in [-0.1, -0.05) is 41.1 Å². The van der Waals surface area contributed by atoms with Gasteiger partial charge in [0.2, 0.25) is 0 Å². The van der Waals surface area contributed by atoms with Gasteiger partial charge in [0.1, 0.15) is 0 Å². The average Bonchev–Trinajstić information content (AvgIpc) is 3.44. The second-order valence-corrected chi connectivity index (χ2v) is 13.7. The molecule has 2 aliphatic rings. The van der Waals surface area contributed by atoms with Gasteiger partial charge in [-0.3, -0.25) is 14.0 Å². The number of nitrogens with zero attached hydrogens (tertiary/aromatic N) is 4. The fourth-order valence-electron chi connectivity index (χ4n) is 5.47. The van der Waals surface area contributed by atoms with Gasteiger partial charge >= 0.3 is 0 Å². The van der Waals surface area contributed by atoms with Crippen molar-refractivity contribution in [2.24, 2.45) is 0 Å². The highest BCUT2D eigenvalue weighted by atomic mass is 35.5. The molecule has 0 atom stereocenters. The molecule has 4 aromatic rings. The van der Waals surface area contributed by atoms with Crippen LogP contribution in [0.3, 0.4) is 0 Å². The maximum atomic E-state index is 13.4. The number of benzene rings is 3. The first kappa shape index (κ1) is 28.0. The van der Waals surface area contributed by atoms with Crippen molar-refractivity contribution in [1.29, 1.82) is 0 Å². The van der Waals surface area contributed by atoms with Gasteiger partial charge in [-0.05, 0) is 73.4 Å². The van der Waals surface area contributed by atoms with Crippen LogP contribution in [0.2, 0.25) is 5.02 Å². The number of carbonyl (C=O) groups excluding carboxylic acids is 1. The van der Waals surface area contributed by atoms with Crippen molar-refractivity contribution >= 4 is 59.9 Å². The summed E-state index contributed by atoms with van der Waals surface area (Å²) in [5.74, 6) is -0.209. The largest absolute Gasteiger partial charge is 0.351 e. The molecule has 0 saturated carbocycles. The van der Waals surface area contributed by atoms with E-state index in [1.165, 1.54) is 16.4 Å². The summed E-state index contributed by atoms with van der Waals surface area (Å²) in [5.41, 5.74) is 4.22. The standard InChI is InChI=1S/C30H32ClN5O3S2/c1-21-25(31)12-13-27-28(21)33-30(40-27)35-19-17-34(18-20-35)16-14-32-29(37)23-8-10-24(11-9-23)41(38,39)36-15-4-6-22-5-2-3-7-26(22)36/h2-3,5,7-13H,4,6,14-20H2,1H3,(H,32,37). The third kappa shape index (κ3) is 5.66. The van der Waals surface area contributed by atoms with Gasteiger partial charge in [-0.15, -0.1) is 0 Å². The summed E-state index contributed by atoms with van der Waals surface area (Å²) in [4.78, 5) is 22.4. The molecule has 1 aromatic heterocycles. The minimum absolute atomic E-state index is 0.190. The van der Waals surface area contributed by atoms with Crippen LogP contribution in [0.25, 0.3) is 10.2 Å². The van der Waals surface area contributed by atoms with Gasteiger partial charge in [0.25, 0.3) is 15.9 Å². The minimum atomic E-state index is -3.70. The number of nitrogens with one attached hydrogen (secondary N) is 1. The number of para-hydroxylation sites is 1. The average molecular weight is 610 g/mol. The minimum Gasteiger partial charge on any atom is -0.351 e. The zero-order valence-corrected chi connectivity index (χ0v) is 25.2. The van der Waals surface area contributed by atoms with Crippen molar-refractivity contribution < 1.29 is 13.2 Å². The van der Waals surface area contributed by atoms with Crippen molar-refractivity contribution in [2.45, 2.75) is 24.7 Å². The van der Waals surface area contributed by atoms with Crippen LogP contribution in [0.15, 0.2) is 65.6 Å². The molecule has 3 heterocycles. The molecule has 1 N–H and O–H groups in total. The number of halogens is 1. The number of thiazole rings is 1. The summed E-state index contributed by atoms with van der Waals surface area (Å²) in [6.07, 6.45) is 1.65. The molecule has 0 radical (unpaired) electrons. The van der Waals surface area contributed by atoms with Crippen LogP contribution in [-0.4, -0.2) is 70.0 Å². The fourth-order valence-corrected chi connectivity index (χ4v) is 8.24. The number of hydrogen-bond donors (Lipinski definition) is 1. The van der Waals surface area contributed by atoms with E-state index in [-0.39, 0.29) is 10.8 Å². The van der Waals surface area contributed by atoms with Crippen molar-refractivity contribution in [3.8, 4) is 0 Å². The van der Waals surface area contributed by atoms with Crippen LogP contribution in [0.5, 0.6) is 0 Å². The Morgan fingerprint density at radius 3 is 2.54 bits per heavy atom. The van der Waals surface area contributed by atoms with Gasteiger partial charge in [-0.25, -0.2) is 13.4 Å². The van der Waals surface area contributed by atoms with Crippen LogP contribution in [0.4, 0.5) is 10.8 Å². The van der Waals surface area contributed by atoms with Crippen molar-refractivity contribution in [3.63, 3.8) is 0 Å². The first-order valence-corrected chi connectivity index (χ1v) is 16.5. The second-order valence-electron chi connectivity index (χ2n) is 10.4. The number of piperazine rings is 1. The molecule has 1 fully saturated rings. The summed E-state index contributed by atoms with van der Waals surface area (Å²) in [7, 11) is -3.70. The molecule has 0 aliphatic carbocycles. The van der Waals surface area contributed by atoms with Gasteiger partial charge in [0, 0.05) is 56.4 Å². The fraction of sp³-hybridized carbons (Fsp3) is 0.333. The molecule has 1 saturated heterocycles. The Labute approximate surface area is 249 Å². The monoisotopic (exact) mass is 609 g/mol. The molecule has 0 spiro atoms. The topological polar surface area (TPSA) is 85.8 Å². The number of hydrogen-bond acceptors (Lipinski definition) is 7. The van der Waals surface area contributed by atoms with E-state index in [0.717, 1.165) is 82.8 Å². The Morgan fingerprint density at radius 1 is 1.00 bits per heavy atom. The van der Waals surface area contributed by atoms with Crippen LogP contribution < -0.4 is 14.5 Å². The third-order valence-electron chi connectivity index (χ3n) is 7.87. The van der Waals surface area contributed by atoms with E-state index in [0.29, 0.717) is 18.7 Å². The quantitative estimate of drug-likeness (QED) is 0.319. The summed E-state index contributed by atoms with van der Waals surface area (Å²) in [6, 6.07) is 17.8. The van der Waals surface area contributed by atoms with Crippen LogP contribution in [0, 0.1) is 6.92 Å². The zero-order valence-electron chi connectivity index (χ0n) is 22.8. The highest BCUT2D eigenvalue weighted by Crippen LogP contribution is 2.34. The van der Waals surface area contributed by atoms with E-state index in [4.69, 9.17) is 16.6 Å². The predicted molar refractivity (Wildman–Crippen MR) is 166 cm³/mol. The number of carbonyl (C=O) groups is 1. The number of rotatable bonds is 7. The van der Waals surface area contributed by atoms with E-state index in [1.807, 2.05) is 43.3 Å². The van der Waals surface area contributed by atoms with Crippen LogP contribution >= 0.6 is 22.9 Å². The Morgan fingerprint density at radius 2 is 1.76 bits per heavy atom. The molecule has 1 amide bonds. The lowest BCUT2D eigenvalue weighted by molar-refractivity contribution is 0.0947. The lowest BCUT2D eigenvalue weighted by Crippen LogP contribution is -2.48. The van der Waals surface area contributed by atoms with Gasteiger partial charge in [-0.2, -0.15) is 0 Å². The first-order valence-electron chi connectivity index (χ1n) is 13.8. The molecule has 3 aromatic carbocycles. The zero-order chi connectivity index (χ0) is 28.6. The van der Waals surface area contributed by atoms with E-state index in [1.54, 1.807) is 23.5 Å². The summed E-state index contributed by atoms with van der Waals surface area (Å²) in [5, 5.41) is 4.74. The maximum Gasteiger partial charge on any atom is 0.264 e. The number of aryl methyl sites for hydroxylation is 2. The third-order valence-corrected chi connectivity index (χ3v) is 11.2. The van der Waals surface area contributed by atoms with Gasteiger partial charge < -0.3 is 10.2 Å². The lowest BCUT2D eigenvalue weighted by Gasteiger charge is -2.34. The van der Waals surface area contributed by atoms with Gasteiger partial charge in [0.15, 0.2) is 5.13 Å². The first-order chi connectivity index (χ1) is 19.8. The summed E-state index contributed by atoms with van der Waals surface area (Å²) < 4.78 is 29.4. The van der Waals surface area contributed by atoms with E-state index >= 15 is 0 Å². The van der Waals surface area contributed by atoms with E-state index in [2.05, 4.69) is 15.1 Å². The number of anilines is 2. The van der Waals surface area contributed by atoms with Crippen molar-refractivity contribution in [1.82, 2.24) is 15.2 Å². The van der Waals surface area contributed by atoms with Crippen LogP contribution in [-0.2, 0) is 16.4 Å². The Balaban J connectivity index is 1.00. The molecule has 41 heavy (non-hydrogen) atoms. The lowest BCUT2D eigenvalue weighted by atomic mass is 10.0. The number of sulfonamides is 1. The summed E-state index contributed by atoms with van der Waals surface area (Å²) in [6.45, 7) is 7.24. The predicted octanol–water partition coefficient (Wildman–Crippen LogP) is 4.95. The smallest absolute Gasteiger partial charge is 0.264 e. The van der Waals surface area contributed by atoms with Crippen LogP contribution in [0.1, 0.15) is 27.9 Å². The SMILES string of the molecule is Cc1c(Cl)ccc2sc(N3CCN(CCNC(=O)c4ccc(S(=O)(=O)N5CCCc6ccccc65)cc4)CC3)nc12.